The Morgan fingerprint density at radius 1 is 1.00 bits per heavy atom. The van der Waals surface area contributed by atoms with Crippen molar-refractivity contribution in [2.75, 3.05) is 32.5 Å². The molecule has 1 heterocycles. The molecule has 0 saturated carbocycles. The van der Waals surface area contributed by atoms with E-state index in [0.29, 0.717) is 17.6 Å². The molecule has 4 nitrogen and oxygen atoms in total. The van der Waals surface area contributed by atoms with Crippen molar-refractivity contribution >= 4 is 16.7 Å². The largest absolute Gasteiger partial charge is 0.422 e. The van der Waals surface area contributed by atoms with Gasteiger partial charge in [-0.2, -0.15) is 0 Å². The van der Waals surface area contributed by atoms with Crippen molar-refractivity contribution in [1.82, 2.24) is 4.90 Å². The number of benzene rings is 2. The van der Waals surface area contributed by atoms with Gasteiger partial charge in [0.1, 0.15) is 5.58 Å². The summed E-state index contributed by atoms with van der Waals surface area (Å²) in [7, 11) is 4.06. The van der Waals surface area contributed by atoms with E-state index in [1.54, 1.807) is 0 Å². The molecule has 0 aliphatic heterocycles. The Balaban J connectivity index is 2.05. The lowest BCUT2D eigenvalue weighted by Crippen LogP contribution is -2.22. The van der Waals surface area contributed by atoms with Crippen molar-refractivity contribution in [2.24, 2.45) is 0 Å². The molecular formula is C20H22N2O2. The first-order chi connectivity index (χ1) is 11.6. The second-order valence-electron chi connectivity index (χ2n) is 6.13. The quantitative estimate of drug-likeness (QED) is 0.707. The van der Waals surface area contributed by atoms with Gasteiger partial charge in [0.2, 0.25) is 0 Å². The summed E-state index contributed by atoms with van der Waals surface area (Å²) in [5.41, 5.74) is 3.00. The minimum absolute atomic E-state index is 0.273. The van der Waals surface area contributed by atoms with Gasteiger partial charge in [0, 0.05) is 24.9 Å². The fourth-order valence-corrected chi connectivity index (χ4v) is 2.76. The maximum absolute atomic E-state index is 12.5. The van der Waals surface area contributed by atoms with E-state index in [2.05, 4.69) is 10.2 Å². The predicted molar refractivity (Wildman–Crippen MR) is 98.8 cm³/mol. The lowest BCUT2D eigenvalue weighted by molar-refractivity contribution is 0.425. The molecule has 0 aliphatic carbocycles. The number of nitrogens with zero attached hydrogens (tertiary/aromatic N) is 1. The third-order valence-corrected chi connectivity index (χ3v) is 3.99. The first-order valence-electron chi connectivity index (χ1n) is 8.12. The van der Waals surface area contributed by atoms with Gasteiger partial charge in [-0.1, -0.05) is 42.5 Å². The molecule has 24 heavy (non-hydrogen) atoms. The van der Waals surface area contributed by atoms with Crippen LogP contribution in [0.25, 0.3) is 11.0 Å². The number of fused-ring (bicyclic) bond motifs is 1. The molecule has 0 fully saturated rings. The third kappa shape index (κ3) is 3.66. The van der Waals surface area contributed by atoms with E-state index in [0.717, 1.165) is 29.7 Å². The number of rotatable bonds is 6. The average Bonchev–Trinajstić information content (AvgIpc) is 2.58. The highest BCUT2D eigenvalue weighted by Crippen LogP contribution is 2.26. The molecule has 2 aromatic carbocycles. The number of likely N-dealkylation sites (N-methyl/N-ethyl adjacent to an activating group) is 1. The van der Waals surface area contributed by atoms with Gasteiger partial charge in [0.05, 0.1) is 11.3 Å². The van der Waals surface area contributed by atoms with Crippen molar-refractivity contribution in [1.29, 1.82) is 0 Å². The summed E-state index contributed by atoms with van der Waals surface area (Å²) >= 11 is 0. The Hall–Kier alpha value is -2.59. The first-order valence-corrected chi connectivity index (χ1v) is 8.12. The highest BCUT2D eigenvalue weighted by Gasteiger charge is 2.14. The summed E-state index contributed by atoms with van der Waals surface area (Å²) in [6.45, 7) is 1.65. The molecule has 0 amide bonds. The lowest BCUT2D eigenvalue weighted by Gasteiger charge is -2.16. The molecule has 3 rings (SSSR count). The Bertz CT molecular complexity index is 870. The van der Waals surface area contributed by atoms with Gasteiger partial charge >= 0.3 is 5.63 Å². The van der Waals surface area contributed by atoms with Crippen molar-refractivity contribution in [3.8, 4) is 0 Å². The van der Waals surface area contributed by atoms with E-state index in [9.17, 15) is 4.79 Å². The average molecular weight is 322 g/mol. The number of anilines is 1. The fraction of sp³-hybridized carbons (Fsp3) is 0.250. The van der Waals surface area contributed by atoms with Gasteiger partial charge < -0.3 is 14.6 Å². The van der Waals surface area contributed by atoms with Crippen LogP contribution in [0.1, 0.15) is 11.1 Å². The van der Waals surface area contributed by atoms with Crippen LogP contribution in [0.2, 0.25) is 0 Å². The minimum atomic E-state index is -0.273. The van der Waals surface area contributed by atoms with Gasteiger partial charge in [0.15, 0.2) is 0 Å². The van der Waals surface area contributed by atoms with Crippen molar-refractivity contribution in [2.45, 2.75) is 6.42 Å². The first kappa shape index (κ1) is 16.3. The predicted octanol–water partition coefficient (Wildman–Crippen LogP) is 3.36. The molecule has 0 radical (unpaired) electrons. The van der Waals surface area contributed by atoms with Crippen LogP contribution in [0.4, 0.5) is 5.69 Å². The maximum Gasteiger partial charge on any atom is 0.341 e. The van der Waals surface area contributed by atoms with Crippen LogP contribution in [0.15, 0.2) is 63.8 Å². The molecule has 0 bridgehead atoms. The van der Waals surface area contributed by atoms with Crippen LogP contribution in [-0.4, -0.2) is 32.1 Å². The van der Waals surface area contributed by atoms with Gasteiger partial charge in [-0.15, -0.1) is 0 Å². The fourth-order valence-electron chi connectivity index (χ4n) is 2.76. The van der Waals surface area contributed by atoms with Crippen LogP contribution < -0.4 is 10.9 Å². The Kier molecular flexibility index (Phi) is 4.96. The third-order valence-electron chi connectivity index (χ3n) is 3.99. The van der Waals surface area contributed by atoms with Gasteiger partial charge in [0.25, 0.3) is 0 Å². The summed E-state index contributed by atoms with van der Waals surface area (Å²) in [5, 5.41) is 4.39. The van der Waals surface area contributed by atoms with E-state index in [1.807, 2.05) is 68.7 Å². The molecule has 4 heteroatoms. The van der Waals surface area contributed by atoms with Crippen LogP contribution in [0.3, 0.4) is 0 Å². The minimum Gasteiger partial charge on any atom is -0.422 e. The Labute approximate surface area is 141 Å². The monoisotopic (exact) mass is 322 g/mol. The number of nitrogens with one attached hydrogen (secondary N) is 1. The van der Waals surface area contributed by atoms with Crippen LogP contribution in [0.5, 0.6) is 0 Å². The van der Waals surface area contributed by atoms with E-state index in [1.165, 1.54) is 0 Å². The molecular weight excluding hydrogens is 300 g/mol. The molecule has 3 aromatic rings. The number of hydrogen-bond donors (Lipinski definition) is 1. The Morgan fingerprint density at radius 3 is 2.46 bits per heavy atom. The van der Waals surface area contributed by atoms with Gasteiger partial charge in [-0.25, -0.2) is 4.79 Å². The second kappa shape index (κ2) is 7.32. The van der Waals surface area contributed by atoms with E-state index < -0.39 is 0 Å². The zero-order chi connectivity index (χ0) is 16.9. The summed E-state index contributed by atoms with van der Waals surface area (Å²) in [5.74, 6) is 0. The topological polar surface area (TPSA) is 45.5 Å². The van der Waals surface area contributed by atoms with Crippen molar-refractivity contribution in [3.63, 3.8) is 0 Å². The Morgan fingerprint density at radius 2 is 1.71 bits per heavy atom. The van der Waals surface area contributed by atoms with Gasteiger partial charge in [-0.3, -0.25) is 0 Å². The zero-order valence-corrected chi connectivity index (χ0v) is 14.1. The summed E-state index contributed by atoms with van der Waals surface area (Å²) < 4.78 is 5.53. The molecule has 0 saturated heterocycles. The molecule has 1 N–H and O–H groups in total. The summed E-state index contributed by atoms with van der Waals surface area (Å²) in [4.78, 5) is 14.6. The summed E-state index contributed by atoms with van der Waals surface area (Å²) in [6.07, 6.45) is 0.554. The van der Waals surface area contributed by atoms with Crippen LogP contribution >= 0.6 is 0 Å². The number of hydrogen-bond acceptors (Lipinski definition) is 4. The molecule has 0 unspecified atom stereocenters. The highest BCUT2D eigenvalue weighted by atomic mass is 16.4. The molecule has 1 aromatic heterocycles. The molecule has 0 aliphatic rings. The van der Waals surface area contributed by atoms with E-state index in [-0.39, 0.29) is 5.63 Å². The lowest BCUT2D eigenvalue weighted by atomic mass is 10.0. The summed E-state index contributed by atoms with van der Waals surface area (Å²) in [6, 6.07) is 17.7. The smallest absolute Gasteiger partial charge is 0.341 e. The SMILES string of the molecule is CN(C)CCNc1c(Cc2ccccc2)c(=O)oc2ccccc12. The highest BCUT2D eigenvalue weighted by molar-refractivity contribution is 5.91. The molecule has 0 atom stereocenters. The van der Waals surface area contributed by atoms with Crippen LogP contribution in [0, 0.1) is 0 Å². The van der Waals surface area contributed by atoms with Crippen molar-refractivity contribution < 1.29 is 4.42 Å². The van der Waals surface area contributed by atoms with E-state index >= 15 is 0 Å². The van der Waals surface area contributed by atoms with E-state index in [4.69, 9.17) is 4.42 Å². The van der Waals surface area contributed by atoms with Gasteiger partial charge in [-0.05, 0) is 31.8 Å². The molecule has 0 spiro atoms. The van der Waals surface area contributed by atoms with Crippen LogP contribution in [-0.2, 0) is 6.42 Å². The molecule has 124 valence electrons. The number of para-hydroxylation sites is 1. The second-order valence-corrected chi connectivity index (χ2v) is 6.13. The standard InChI is InChI=1S/C20H22N2O2/c1-22(2)13-12-21-19-16-10-6-7-11-18(16)24-20(23)17(19)14-15-8-4-3-5-9-15/h3-11,21H,12-14H2,1-2H3. The zero-order valence-electron chi connectivity index (χ0n) is 14.1. The normalized spacial score (nSPS) is 11.1. The maximum atomic E-state index is 12.5. The van der Waals surface area contributed by atoms with Crippen molar-refractivity contribution in [3.05, 3.63) is 76.1 Å².